The van der Waals surface area contributed by atoms with Crippen LogP contribution < -0.4 is 16.4 Å². The van der Waals surface area contributed by atoms with Crippen molar-refractivity contribution in [3.05, 3.63) is 84.1 Å². The Kier molecular flexibility index (Phi) is 9.24. The molecule has 5 rings (SSSR count). The summed E-state index contributed by atoms with van der Waals surface area (Å²) >= 11 is 0. The number of aromatic amines is 2. The van der Waals surface area contributed by atoms with Crippen LogP contribution in [0, 0.1) is 0 Å². The van der Waals surface area contributed by atoms with Crippen molar-refractivity contribution in [1.29, 1.82) is 0 Å². The molecule has 13 nitrogen and oxygen atoms in total. The largest absolute Gasteiger partial charge is 0.508 e. The molecule has 0 saturated carbocycles. The van der Waals surface area contributed by atoms with E-state index in [-0.39, 0.29) is 30.9 Å². The van der Waals surface area contributed by atoms with E-state index >= 15 is 0 Å². The van der Waals surface area contributed by atoms with Gasteiger partial charge in [-0.2, -0.15) is 0 Å². The second-order valence-electron chi connectivity index (χ2n) is 11.0. The number of aromatic nitrogens is 3. The minimum Gasteiger partial charge on any atom is -0.508 e. The van der Waals surface area contributed by atoms with Crippen LogP contribution in [0.2, 0.25) is 0 Å². The highest BCUT2D eigenvalue weighted by molar-refractivity contribution is 5.95. The molecule has 0 radical (unpaired) electrons. The Bertz CT molecular complexity index is 1620. The van der Waals surface area contributed by atoms with Crippen molar-refractivity contribution in [2.45, 2.75) is 56.3 Å². The molecule has 2 aromatic heterocycles. The molecule has 4 aromatic rings. The van der Waals surface area contributed by atoms with Gasteiger partial charge in [0.2, 0.25) is 17.7 Å². The van der Waals surface area contributed by atoms with E-state index in [1.165, 1.54) is 23.4 Å². The van der Waals surface area contributed by atoms with E-state index in [4.69, 9.17) is 5.73 Å². The van der Waals surface area contributed by atoms with Crippen molar-refractivity contribution >= 4 is 34.6 Å². The Labute approximate surface area is 252 Å². The number of amides is 3. The minimum atomic E-state index is -1.29. The van der Waals surface area contributed by atoms with E-state index in [0.29, 0.717) is 30.6 Å². The average Bonchev–Trinajstić information content (AvgIpc) is 3.79. The van der Waals surface area contributed by atoms with Gasteiger partial charge in [0.05, 0.1) is 12.4 Å². The van der Waals surface area contributed by atoms with E-state index in [1.807, 2.05) is 24.3 Å². The van der Waals surface area contributed by atoms with Crippen LogP contribution >= 0.6 is 0 Å². The summed E-state index contributed by atoms with van der Waals surface area (Å²) in [5, 5.41) is 25.7. The zero-order valence-corrected chi connectivity index (χ0v) is 23.9. The molecule has 0 spiro atoms. The molecule has 13 heteroatoms. The fraction of sp³-hybridized carbons (Fsp3) is 0.323. The first kappa shape index (κ1) is 30.3. The lowest BCUT2D eigenvalue weighted by molar-refractivity contribution is -0.143. The Hall–Kier alpha value is -5.17. The van der Waals surface area contributed by atoms with Crippen molar-refractivity contribution < 1.29 is 29.4 Å². The number of fused-ring (bicyclic) bond motifs is 1. The van der Waals surface area contributed by atoms with Crippen LogP contribution in [0.25, 0.3) is 10.9 Å². The second-order valence-corrected chi connectivity index (χ2v) is 11.0. The molecule has 4 unspecified atom stereocenters. The van der Waals surface area contributed by atoms with Gasteiger partial charge in [0, 0.05) is 54.8 Å². The van der Waals surface area contributed by atoms with Gasteiger partial charge in [-0.05, 0) is 42.2 Å². The Morgan fingerprint density at radius 2 is 1.77 bits per heavy atom. The third kappa shape index (κ3) is 7.06. The van der Waals surface area contributed by atoms with Gasteiger partial charge in [0.25, 0.3) is 0 Å². The summed E-state index contributed by atoms with van der Waals surface area (Å²) in [6.45, 7) is 0.348. The number of phenolic OH excluding ortho intramolecular Hbond substituents is 1. The second kappa shape index (κ2) is 13.4. The number of likely N-dealkylation sites (tertiary alicyclic amines) is 1. The number of hydrogen-bond donors (Lipinski definition) is 7. The molecule has 3 heterocycles. The summed E-state index contributed by atoms with van der Waals surface area (Å²) in [6, 6.07) is 9.39. The highest BCUT2D eigenvalue weighted by atomic mass is 16.4. The van der Waals surface area contributed by atoms with Crippen molar-refractivity contribution in [2.75, 3.05) is 6.54 Å². The van der Waals surface area contributed by atoms with Crippen LogP contribution in [0.3, 0.4) is 0 Å². The van der Waals surface area contributed by atoms with E-state index in [9.17, 15) is 29.4 Å². The molecule has 1 aliphatic heterocycles. The van der Waals surface area contributed by atoms with Crippen LogP contribution in [0.15, 0.2) is 67.3 Å². The van der Waals surface area contributed by atoms with Gasteiger partial charge in [-0.3, -0.25) is 14.4 Å². The number of carbonyl (C=O) groups is 4. The van der Waals surface area contributed by atoms with Crippen molar-refractivity contribution in [3.63, 3.8) is 0 Å². The number of nitrogens with two attached hydrogens (primary N) is 1. The predicted molar refractivity (Wildman–Crippen MR) is 160 cm³/mol. The van der Waals surface area contributed by atoms with Crippen LogP contribution in [0.5, 0.6) is 5.75 Å². The molecule has 0 aliphatic carbocycles. The summed E-state index contributed by atoms with van der Waals surface area (Å²) < 4.78 is 0. The molecule has 1 aliphatic rings. The first-order chi connectivity index (χ1) is 21.2. The first-order valence-electron chi connectivity index (χ1n) is 14.4. The lowest BCUT2D eigenvalue weighted by Gasteiger charge is -2.28. The molecule has 8 N–H and O–H groups in total. The number of aliphatic carboxylic acids is 1. The standard InChI is InChI=1S/C31H35N7O6/c32-23(14-20-16-33-17-35-20)30(42)38-11-3-6-27(38)29(41)36-25(13-19-15-34-24-5-2-1-4-22(19)24)28(40)37-26(31(43)44)12-18-7-9-21(39)10-8-18/h1-2,4-5,7-10,15-17,23,25-27,34,39H,3,6,11-14,32H2,(H,33,35)(H,36,41)(H,37,40)(H,43,44). The fourth-order valence-corrected chi connectivity index (χ4v) is 5.57. The highest BCUT2D eigenvalue weighted by Gasteiger charge is 2.38. The zero-order valence-electron chi connectivity index (χ0n) is 23.9. The zero-order chi connectivity index (χ0) is 31.2. The van der Waals surface area contributed by atoms with E-state index < -0.39 is 42.0 Å². The lowest BCUT2D eigenvalue weighted by atomic mass is 10.0. The number of aromatic hydroxyl groups is 1. The topological polar surface area (TPSA) is 207 Å². The summed E-state index contributed by atoms with van der Waals surface area (Å²) in [4.78, 5) is 64.2. The Morgan fingerprint density at radius 3 is 2.50 bits per heavy atom. The number of H-pyrrole nitrogens is 2. The van der Waals surface area contributed by atoms with E-state index in [1.54, 1.807) is 24.5 Å². The van der Waals surface area contributed by atoms with Gasteiger partial charge >= 0.3 is 5.97 Å². The number of benzene rings is 2. The number of hydrogen-bond acceptors (Lipinski definition) is 7. The number of carbonyl (C=O) groups excluding carboxylic acids is 3. The molecular weight excluding hydrogens is 566 g/mol. The number of carboxylic acids is 1. The molecule has 1 saturated heterocycles. The monoisotopic (exact) mass is 601 g/mol. The Balaban J connectivity index is 1.34. The maximum atomic E-state index is 13.7. The Morgan fingerprint density at radius 1 is 1.00 bits per heavy atom. The molecule has 0 bridgehead atoms. The van der Waals surface area contributed by atoms with Gasteiger partial charge < -0.3 is 41.4 Å². The van der Waals surface area contributed by atoms with Crippen LogP contribution in [0.4, 0.5) is 0 Å². The molecule has 4 atom stereocenters. The smallest absolute Gasteiger partial charge is 0.326 e. The van der Waals surface area contributed by atoms with E-state index in [0.717, 1.165) is 16.5 Å². The molecule has 3 amide bonds. The van der Waals surface area contributed by atoms with Crippen LogP contribution in [-0.2, 0) is 38.4 Å². The normalized spacial score (nSPS) is 16.8. The summed E-state index contributed by atoms with van der Waals surface area (Å²) in [5.74, 6) is -2.79. The predicted octanol–water partition coefficient (Wildman–Crippen LogP) is 0.997. The molecular formula is C31H35N7O6. The number of para-hydroxylation sites is 1. The number of rotatable bonds is 12. The highest BCUT2D eigenvalue weighted by Crippen LogP contribution is 2.22. The number of nitrogens with one attached hydrogen (secondary N) is 4. The molecule has 44 heavy (non-hydrogen) atoms. The lowest BCUT2D eigenvalue weighted by Crippen LogP contribution is -2.57. The van der Waals surface area contributed by atoms with Gasteiger partial charge in [-0.1, -0.05) is 30.3 Å². The molecule has 2 aromatic carbocycles. The average molecular weight is 602 g/mol. The van der Waals surface area contributed by atoms with Crippen molar-refractivity contribution in [2.24, 2.45) is 5.73 Å². The van der Waals surface area contributed by atoms with Crippen molar-refractivity contribution in [1.82, 2.24) is 30.5 Å². The molecule has 230 valence electrons. The van der Waals surface area contributed by atoms with Gasteiger partial charge in [0.1, 0.15) is 23.9 Å². The van der Waals surface area contributed by atoms with Crippen LogP contribution in [0.1, 0.15) is 29.7 Å². The third-order valence-corrected chi connectivity index (χ3v) is 7.87. The quantitative estimate of drug-likeness (QED) is 0.124. The number of carboxylic acid groups (broad SMARTS) is 1. The van der Waals surface area contributed by atoms with Crippen molar-refractivity contribution in [3.8, 4) is 5.75 Å². The SMILES string of the molecule is NC(Cc1cnc[nH]1)C(=O)N1CCCC1C(=O)NC(Cc1c[nH]c2ccccc12)C(=O)NC(Cc1ccc(O)cc1)C(=O)O. The maximum Gasteiger partial charge on any atom is 0.326 e. The first-order valence-corrected chi connectivity index (χ1v) is 14.4. The molecule has 1 fully saturated rings. The van der Waals surface area contributed by atoms with E-state index in [2.05, 4.69) is 25.6 Å². The van der Waals surface area contributed by atoms with Gasteiger partial charge in [0.15, 0.2) is 0 Å². The summed E-state index contributed by atoms with van der Waals surface area (Å²) in [7, 11) is 0. The summed E-state index contributed by atoms with van der Waals surface area (Å²) in [6.07, 6.45) is 6.09. The third-order valence-electron chi connectivity index (χ3n) is 7.87. The van der Waals surface area contributed by atoms with Gasteiger partial charge in [-0.25, -0.2) is 9.78 Å². The maximum absolute atomic E-state index is 13.7. The number of phenols is 1. The number of nitrogens with zero attached hydrogens (tertiary/aromatic N) is 2. The summed E-state index contributed by atoms with van der Waals surface area (Å²) in [5.41, 5.74) is 9.09. The minimum absolute atomic E-state index is 0.0335. The fourth-order valence-electron chi connectivity index (χ4n) is 5.57. The van der Waals surface area contributed by atoms with Crippen LogP contribution in [-0.4, -0.2) is 84.5 Å². The number of imidazole rings is 1. The van der Waals surface area contributed by atoms with Gasteiger partial charge in [-0.15, -0.1) is 0 Å².